The Morgan fingerprint density at radius 3 is 2.22 bits per heavy atom. The van der Waals surface area contributed by atoms with Crippen molar-refractivity contribution in [1.29, 1.82) is 0 Å². The number of esters is 2. The molecular formula is C31H48O6. The minimum atomic E-state index is -0.383. The summed E-state index contributed by atoms with van der Waals surface area (Å²) in [6.07, 6.45) is 9.59. The molecule has 6 rings (SSSR count). The highest BCUT2D eigenvalue weighted by Gasteiger charge is 2.70. The lowest BCUT2D eigenvalue weighted by Gasteiger charge is -2.62. The molecule has 0 aromatic rings. The van der Waals surface area contributed by atoms with Crippen LogP contribution in [0.5, 0.6) is 0 Å². The van der Waals surface area contributed by atoms with Crippen molar-refractivity contribution in [2.45, 2.75) is 123 Å². The Balaban J connectivity index is 1.27. The van der Waals surface area contributed by atoms with Crippen LogP contribution in [0.1, 0.15) is 99.3 Å². The Kier molecular flexibility index (Phi) is 6.31. The van der Waals surface area contributed by atoms with E-state index in [2.05, 4.69) is 27.7 Å². The maximum Gasteiger partial charge on any atom is 0.302 e. The van der Waals surface area contributed by atoms with E-state index in [4.69, 9.17) is 18.9 Å². The fraction of sp³-hybridized carbons (Fsp3) is 0.935. The van der Waals surface area contributed by atoms with Crippen LogP contribution in [0, 0.1) is 52.3 Å². The van der Waals surface area contributed by atoms with Gasteiger partial charge in [0.2, 0.25) is 0 Å². The first-order valence-electron chi connectivity index (χ1n) is 15.1. The van der Waals surface area contributed by atoms with Crippen molar-refractivity contribution in [3.8, 4) is 0 Å². The number of rotatable bonds is 2. The number of ether oxygens (including phenoxy) is 4. The standard InChI is InChI=1S/C31H48O6/c1-17-7-12-31(34-16-17)18(2)28-27(37-31)15-24-22-14-26(36-20(4)33)25-13-21(35-19(3)32)8-10-29(25,5)23(22)9-11-30(24,28)6/h17-18,21-28H,7-16H2,1-6H3/t17-,18?,21-,22+,23-,24-,25+,26+,27?,28?,29+,30-,31+/m0/s1. The van der Waals surface area contributed by atoms with Crippen LogP contribution in [0.15, 0.2) is 0 Å². The monoisotopic (exact) mass is 516 g/mol. The number of hydrogen-bond acceptors (Lipinski definition) is 6. The van der Waals surface area contributed by atoms with Crippen molar-refractivity contribution < 1.29 is 28.5 Å². The molecule has 0 bridgehead atoms. The summed E-state index contributed by atoms with van der Waals surface area (Å²) in [5.41, 5.74) is 0.342. The van der Waals surface area contributed by atoms with E-state index in [-0.39, 0.29) is 52.8 Å². The number of fused-ring (bicyclic) bond motifs is 7. The Bertz CT molecular complexity index is 925. The maximum atomic E-state index is 12.3. The lowest BCUT2D eigenvalue weighted by atomic mass is 9.43. The number of carbonyl (C=O) groups is 2. The van der Waals surface area contributed by atoms with Gasteiger partial charge in [-0.3, -0.25) is 9.59 Å². The van der Waals surface area contributed by atoms with Crippen molar-refractivity contribution in [3.63, 3.8) is 0 Å². The van der Waals surface area contributed by atoms with Crippen LogP contribution in [0.4, 0.5) is 0 Å². The van der Waals surface area contributed by atoms with Gasteiger partial charge in [-0.1, -0.05) is 27.7 Å². The van der Waals surface area contributed by atoms with Crippen molar-refractivity contribution in [1.82, 2.24) is 0 Å². The summed E-state index contributed by atoms with van der Waals surface area (Å²) in [5, 5.41) is 0. The molecule has 6 aliphatic rings. The summed E-state index contributed by atoms with van der Waals surface area (Å²) in [4.78, 5) is 24.0. The average Bonchev–Trinajstić information content (AvgIpc) is 3.26. The van der Waals surface area contributed by atoms with Gasteiger partial charge in [-0.05, 0) is 91.8 Å². The molecule has 0 N–H and O–H groups in total. The molecule has 4 aliphatic carbocycles. The Morgan fingerprint density at radius 2 is 1.54 bits per heavy atom. The summed E-state index contributed by atoms with van der Waals surface area (Å²) >= 11 is 0. The molecule has 6 nitrogen and oxygen atoms in total. The third-order valence-corrected chi connectivity index (χ3v) is 12.5. The third kappa shape index (κ3) is 3.93. The van der Waals surface area contributed by atoms with Crippen LogP contribution >= 0.6 is 0 Å². The van der Waals surface area contributed by atoms with Gasteiger partial charge >= 0.3 is 11.9 Å². The van der Waals surface area contributed by atoms with Gasteiger partial charge in [0.25, 0.3) is 0 Å². The first-order valence-corrected chi connectivity index (χ1v) is 15.1. The molecule has 0 radical (unpaired) electrons. The molecule has 13 atom stereocenters. The van der Waals surface area contributed by atoms with E-state index < -0.39 is 0 Å². The molecule has 2 saturated heterocycles. The quantitative estimate of drug-likeness (QED) is 0.425. The van der Waals surface area contributed by atoms with Gasteiger partial charge in [-0.2, -0.15) is 0 Å². The highest BCUT2D eigenvalue weighted by atomic mass is 16.7. The van der Waals surface area contributed by atoms with Gasteiger partial charge in [0.1, 0.15) is 12.2 Å². The predicted molar refractivity (Wildman–Crippen MR) is 138 cm³/mol. The SMILES string of the molecule is CC(=O)O[C@H]1CC[C@@]2(C)[C@H](C1)[C@H](OC(C)=O)C[C@@H]1[C@@H]2CC[C@]2(C)C3C(C[C@@H]12)O[C@]1(CC[C@H](C)CO1)C3C. The largest absolute Gasteiger partial charge is 0.463 e. The molecule has 2 heterocycles. The highest BCUT2D eigenvalue weighted by Crippen LogP contribution is 2.71. The summed E-state index contributed by atoms with van der Waals surface area (Å²) < 4.78 is 25.2. The smallest absolute Gasteiger partial charge is 0.302 e. The minimum absolute atomic E-state index is 0.0615. The Labute approximate surface area is 222 Å². The van der Waals surface area contributed by atoms with Crippen LogP contribution in [0.25, 0.3) is 0 Å². The fourth-order valence-electron chi connectivity index (χ4n) is 10.9. The van der Waals surface area contributed by atoms with Gasteiger partial charge in [0, 0.05) is 32.1 Å². The number of hydrogen-bond donors (Lipinski definition) is 0. The topological polar surface area (TPSA) is 71.1 Å². The van der Waals surface area contributed by atoms with Crippen LogP contribution in [-0.4, -0.2) is 42.6 Å². The van der Waals surface area contributed by atoms with E-state index in [9.17, 15) is 9.59 Å². The van der Waals surface area contributed by atoms with Gasteiger partial charge < -0.3 is 18.9 Å². The molecular weight excluding hydrogens is 468 g/mol. The van der Waals surface area contributed by atoms with E-state index in [1.807, 2.05) is 0 Å². The zero-order valence-electron chi connectivity index (χ0n) is 23.8. The van der Waals surface area contributed by atoms with E-state index in [0.717, 1.165) is 45.1 Å². The van der Waals surface area contributed by atoms with Gasteiger partial charge in [-0.15, -0.1) is 0 Å². The van der Waals surface area contributed by atoms with Crippen LogP contribution in [-0.2, 0) is 28.5 Å². The highest BCUT2D eigenvalue weighted by molar-refractivity contribution is 5.66. The molecule has 0 aromatic heterocycles. The molecule has 0 aromatic carbocycles. The van der Waals surface area contributed by atoms with E-state index >= 15 is 0 Å². The first-order chi connectivity index (χ1) is 17.5. The zero-order valence-corrected chi connectivity index (χ0v) is 23.8. The molecule has 1 spiro atoms. The summed E-state index contributed by atoms with van der Waals surface area (Å²) in [5.74, 6) is 2.77. The second-order valence-corrected chi connectivity index (χ2v) is 14.4. The molecule has 0 amide bonds. The van der Waals surface area contributed by atoms with E-state index in [1.54, 1.807) is 6.92 Å². The fourth-order valence-corrected chi connectivity index (χ4v) is 10.9. The van der Waals surface area contributed by atoms with Gasteiger partial charge in [0.15, 0.2) is 5.79 Å². The molecule has 208 valence electrons. The first kappa shape index (κ1) is 26.1. The molecule has 6 heteroatoms. The van der Waals surface area contributed by atoms with Gasteiger partial charge in [-0.25, -0.2) is 0 Å². The molecule has 4 saturated carbocycles. The van der Waals surface area contributed by atoms with Gasteiger partial charge in [0.05, 0.1) is 12.7 Å². The lowest BCUT2D eigenvalue weighted by molar-refractivity contribution is -0.273. The van der Waals surface area contributed by atoms with E-state index in [1.165, 1.54) is 26.2 Å². The van der Waals surface area contributed by atoms with Crippen LogP contribution < -0.4 is 0 Å². The molecule has 2 aliphatic heterocycles. The maximum absolute atomic E-state index is 12.3. The van der Waals surface area contributed by atoms with Crippen molar-refractivity contribution in [2.75, 3.05) is 6.61 Å². The Hall–Kier alpha value is -1.14. The summed E-state index contributed by atoms with van der Waals surface area (Å²) in [7, 11) is 0. The normalized spacial score (nSPS) is 54.5. The zero-order chi connectivity index (χ0) is 26.3. The van der Waals surface area contributed by atoms with Crippen molar-refractivity contribution in [2.24, 2.45) is 52.3 Å². The van der Waals surface area contributed by atoms with Crippen molar-refractivity contribution >= 4 is 11.9 Å². The summed E-state index contributed by atoms with van der Waals surface area (Å²) in [6.45, 7) is 13.5. The summed E-state index contributed by atoms with van der Waals surface area (Å²) in [6, 6.07) is 0. The molecule has 6 fully saturated rings. The van der Waals surface area contributed by atoms with Crippen LogP contribution in [0.3, 0.4) is 0 Å². The second kappa shape index (κ2) is 8.94. The molecule has 3 unspecified atom stereocenters. The minimum Gasteiger partial charge on any atom is -0.463 e. The van der Waals surface area contributed by atoms with Crippen LogP contribution in [0.2, 0.25) is 0 Å². The lowest BCUT2D eigenvalue weighted by Crippen LogP contribution is -2.59. The second-order valence-electron chi connectivity index (χ2n) is 14.4. The third-order valence-electron chi connectivity index (χ3n) is 12.5. The van der Waals surface area contributed by atoms with Crippen molar-refractivity contribution in [3.05, 3.63) is 0 Å². The average molecular weight is 517 g/mol. The Morgan fingerprint density at radius 1 is 0.811 bits per heavy atom. The number of carbonyl (C=O) groups excluding carboxylic acids is 2. The molecule has 37 heavy (non-hydrogen) atoms. The van der Waals surface area contributed by atoms with E-state index in [0.29, 0.717) is 35.5 Å². The predicted octanol–water partition coefficient (Wildman–Crippen LogP) is 5.91.